The van der Waals surface area contributed by atoms with Crippen LogP contribution in [-0.4, -0.2) is 37.4 Å². The first-order valence-corrected chi connectivity index (χ1v) is 7.08. The first-order chi connectivity index (χ1) is 8.54. The summed E-state index contributed by atoms with van der Waals surface area (Å²) in [4.78, 5) is 12.3. The maximum Gasteiger partial charge on any atom is 0.326 e. The minimum Gasteiger partial charge on any atom is -0.465 e. The summed E-state index contributed by atoms with van der Waals surface area (Å²) < 4.78 is 10.9. The molecular formula is C14H27NO3. The van der Waals surface area contributed by atoms with Gasteiger partial charge in [0, 0.05) is 13.0 Å². The molecule has 1 aliphatic rings. The van der Waals surface area contributed by atoms with Gasteiger partial charge in [0.2, 0.25) is 0 Å². The number of nitrogens with one attached hydrogen (secondary N) is 1. The molecule has 0 spiro atoms. The normalized spacial score (nSPS) is 28.4. The van der Waals surface area contributed by atoms with Gasteiger partial charge in [-0.1, -0.05) is 20.8 Å². The molecule has 1 aliphatic heterocycles. The van der Waals surface area contributed by atoms with Crippen LogP contribution in [0, 0.1) is 5.92 Å². The van der Waals surface area contributed by atoms with Crippen molar-refractivity contribution in [3.63, 3.8) is 0 Å². The number of rotatable bonds is 6. The van der Waals surface area contributed by atoms with E-state index >= 15 is 0 Å². The molecule has 106 valence electrons. The molecule has 2 atom stereocenters. The van der Waals surface area contributed by atoms with Crippen molar-refractivity contribution in [3.8, 4) is 0 Å². The number of esters is 1. The molecule has 0 saturated carbocycles. The molecule has 0 amide bonds. The molecule has 4 nitrogen and oxygen atoms in total. The molecule has 4 heteroatoms. The lowest BCUT2D eigenvalue weighted by Gasteiger charge is -2.39. The third kappa shape index (κ3) is 3.95. The van der Waals surface area contributed by atoms with Gasteiger partial charge in [-0.3, -0.25) is 4.79 Å². The topological polar surface area (TPSA) is 47.6 Å². The monoisotopic (exact) mass is 257 g/mol. The van der Waals surface area contributed by atoms with Gasteiger partial charge < -0.3 is 14.8 Å². The SMILES string of the molecule is CCOC(=O)C1(NCC(C)C)CCOC(CC)C1. The minimum absolute atomic E-state index is 0.118. The first-order valence-electron chi connectivity index (χ1n) is 7.08. The van der Waals surface area contributed by atoms with Crippen molar-refractivity contribution in [3.05, 3.63) is 0 Å². The molecule has 1 rings (SSSR count). The largest absolute Gasteiger partial charge is 0.465 e. The van der Waals surface area contributed by atoms with Crippen molar-refractivity contribution in [2.45, 2.75) is 58.6 Å². The van der Waals surface area contributed by atoms with Crippen LogP contribution in [0.3, 0.4) is 0 Å². The molecule has 1 N–H and O–H groups in total. The van der Waals surface area contributed by atoms with Gasteiger partial charge in [-0.15, -0.1) is 0 Å². The van der Waals surface area contributed by atoms with Gasteiger partial charge in [0.1, 0.15) is 5.54 Å². The van der Waals surface area contributed by atoms with Crippen LogP contribution >= 0.6 is 0 Å². The third-order valence-corrected chi connectivity index (χ3v) is 3.43. The summed E-state index contributed by atoms with van der Waals surface area (Å²) in [5.74, 6) is 0.395. The Labute approximate surface area is 110 Å². The predicted molar refractivity (Wildman–Crippen MR) is 71.5 cm³/mol. The Balaban J connectivity index is 2.75. The lowest BCUT2D eigenvalue weighted by molar-refractivity contribution is -0.158. The predicted octanol–water partition coefficient (Wildman–Crippen LogP) is 2.12. The molecule has 0 radical (unpaired) electrons. The van der Waals surface area contributed by atoms with Crippen LogP contribution in [0.5, 0.6) is 0 Å². The molecule has 0 aromatic carbocycles. The number of ether oxygens (including phenoxy) is 2. The van der Waals surface area contributed by atoms with E-state index in [2.05, 4.69) is 26.1 Å². The summed E-state index contributed by atoms with van der Waals surface area (Å²) in [6, 6.07) is 0. The molecular weight excluding hydrogens is 230 g/mol. The maximum atomic E-state index is 12.3. The Morgan fingerprint density at radius 1 is 1.50 bits per heavy atom. The van der Waals surface area contributed by atoms with Crippen molar-refractivity contribution in [2.75, 3.05) is 19.8 Å². The van der Waals surface area contributed by atoms with E-state index in [4.69, 9.17) is 9.47 Å². The molecule has 1 saturated heterocycles. The van der Waals surface area contributed by atoms with Gasteiger partial charge in [0.05, 0.1) is 12.7 Å². The van der Waals surface area contributed by atoms with E-state index in [-0.39, 0.29) is 12.1 Å². The number of carbonyl (C=O) groups is 1. The highest BCUT2D eigenvalue weighted by Crippen LogP contribution is 2.28. The fourth-order valence-corrected chi connectivity index (χ4v) is 2.30. The average Bonchev–Trinajstić information content (AvgIpc) is 2.37. The summed E-state index contributed by atoms with van der Waals surface area (Å²) in [5, 5.41) is 3.43. The van der Waals surface area contributed by atoms with Crippen molar-refractivity contribution in [1.82, 2.24) is 5.32 Å². The molecule has 0 aliphatic carbocycles. The van der Waals surface area contributed by atoms with Crippen molar-refractivity contribution < 1.29 is 14.3 Å². The van der Waals surface area contributed by atoms with Gasteiger partial charge in [-0.25, -0.2) is 0 Å². The number of hydrogen-bond donors (Lipinski definition) is 1. The summed E-state index contributed by atoms with van der Waals surface area (Å²) >= 11 is 0. The summed E-state index contributed by atoms with van der Waals surface area (Å²) in [7, 11) is 0. The smallest absolute Gasteiger partial charge is 0.326 e. The van der Waals surface area contributed by atoms with E-state index in [0.717, 1.165) is 19.4 Å². The van der Waals surface area contributed by atoms with E-state index in [9.17, 15) is 4.79 Å². The quantitative estimate of drug-likeness (QED) is 0.740. The van der Waals surface area contributed by atoms with Gasteiger partial charge >= 0.3 is 5.97 Å². The Kier molecular flexibility index (Phi) is 6.09. The van der Waals surface area contributed by atoms with E-state index in [1.165, 1.54) is 0 Å². The summed E-state index contributed by atoms with van der Waals surface area (Å²) in [5.41, 5.74) is -0.542. The van der Waals surface area contributed by atoms with Crippen molar-refractivity contribution >= 4 is 5.97 Å². The van der Waals surface area contributed by atoms with Crippen LogP contribution in [0.4, 0.5) is 0 Å². The standard InChI is InChI=1S/C14H27NO3/c1-5-12-9-14(7-8-18-12,13(16)17-6-2)15-10-11(3)4/h11-12,15H,5-10H2,1-4H3. The van der Waals surface area contributed by atoms with Crippen LogP contribution in [0.25, 0.3) is 0 Å². The first kappa shape index (κ1) is 15.4. The van der Waals surface area contributed by atoms with Crippen molar-refractivity contribution in [2.24, 2.45) is 5.92 Å². The maximum absolute atomic E-state index is 12.3. The Hall–Kier alpha value is -0.610. The fraction of sp³-hybridized carbons (Fsp3) is 0.929. The van der Waals surface area contributed by atoms with E-state index in [1.54, 1.807) is 0 Å². The lowest BCUT2D eigenvalue weighted by Crippen LogP contribution is -2.58. The minimum atomic E-state index is -0.542. The van der Waals surface area contributed by atoms with Gasteiger partial charge in [-0.2, -0.15) is 0 Å². The Morgan fingerprint density at radius 2 is 2.22 bits per heavy atom. The molecule has 2 unspecified atom stereocenters. The zero-order chi connectivity index (χ0) is 13.6. The van der Waals surface area contributed by atoms with E-state index < -0.39 is 5.54 Å². The fourth-order valence-electron chi connectivity index (χ4n) is 2.30. The van der Waals surface area contributed by atoms with Crippen LogP contribution in [0.15, 0.2) is 0 Å². The Morgan fingerprint density at radius 3 is 2.78 bits per heavy atom. The van der Waals surface area contributed by atoms with Gasteiger partial charge in [0.15, 0.2) is 0 Å². The third-order valence-electron chi connectivity index (χ3n) is 3.43. The summed E-state index contributed by atoms with van der Waals surface area (Å²) in [6.45, 7) is 10.1. The molecule has 0 aromatic heterocycles. The van der Waals surface area contributed by atoms with Crippen LogP contribution in [0.1, 0.15) is 47.0 Å². The van der Waals surface area contributed by atoms with Gasteiger partial charge in [0.25, 0.3) is 0 Å². The van der Waals surface area contributed by atoms with Crippen LogP contribution in [0.2, 0.25) is 0 Å². The number of carbonyl (C=O) groups excluding carboxylic acids is 1. The second-order valence-electron chi connectivity index (χ2n) is 5.43. The molecule has 1 fully saturated rings. The van der Waals surface area contributed by atoms with E-state index in [1.807, 2.05) is 6.92 Å². The zero-order valence-corrected chi connectivity index (χ0v) is 12.1. The molecule has 18 heavy (non-hydrogen) atoms. The average molecular weight is 257 g/mol. The molecule has 0 bridgehead atoms. The van der Waals surface area contributed by atoms with Gasteiger partial charge in [-0.05, 0) is 32.2 Å². The van der Waals surface area contributed by atoms with Crippen LogP contribution < -0.4 is 5.32 Å². The van der Waals surface area contributed by atoms with E-state index in [0.29, 0.717) is 25.6 Å². The highest BCUT2D eigenvalue weighted by Gasteiger charge is 2.43. The highest BCUT2D eigenvalue weighted by molar-refractivity contribution is 5.81. The van der Waals surface area contributed by atoms with Crippen LogP contribution in [-0.2, 0) is 14.3 Å². The van der Waals surface area contributed by atoms with Crippen molar-refractivity contribution in [1.29, 1.82) is 0 Å². The molecule has 0 aromatic rings. The highest BCUT2D eigenvalue weighted by atomic mass is 16.5. The zero-order valence-electron chi connectivity index (χ0n) is 12.1. The lowest BCUT2D eigenvalue weighted by atomic mass is 9.85. The molecule has 1 heterocycles. The second kappa shape index (κ2) is 7.10. The second-order valence-corrected chi connectivity index (χ2v) is 5.43. The Bertz CT molecular complexity index is 268. The number of hydrogen-bond acceptors (Lipinski definition) is 4. The summed E-state index contributed by atoms with van der Waals surface area (Å²) in [6.07, 6.45) is 2.51.